The minimum atomic E-state index is -0.211. The van der Waals surface area contributed by atoms with Crippen molar-refractivity contribution < 1.29 is 19.4 Å². The predicted octanol–water partition coefficient (Wildman–Crippen LogP) is 6.42. The summed E-state index contributed by atoms with van der Waals surface area (Å²) in [5.74, 6) is 1.81. The molecule has 4 rings (SSSR count). The Kier molecular flexibility index (Phi) is 9.40. The third kappa shape index (κ3) is 7.26. The molecule has 9 nitrogen and oxygen atoms in total. The van der Waals surface area contributed by atoms with E-state index in [4.69, 9.17) is 31.0 Å². The highest BCUT2D eigenvalue weighted by Crippen LogP contribution is 2.34. The average molecular weight is 552 g/mol. The maximum absolute atomic E-state index is 8.93. The van der Waals surface area contributed by atoms with E-state index in [9.17, 15) is 0 Å². The smallest absolute Gasteiger partial charge is 0.158 e. The molecule has 0 bridgehead atoms. The fourth-order valence-corrected chi connectivity index (χ4v) is 4.24. The van der Waals surface area contributed by atoms with Crippen LogP contribution in [0.2, 0.25) is 5.02 Å². The molecule has 0 aliphatic carbocycles. The standard InChI is InChI=1S/C29H34ClN5O4/c1-5-38-34-27(29(2,3)4)20-7-6-8-22(17-20)39-25-10-9-21(18-23(25)30)33-28-26-24(31-19-32-28)11-12-35(26)13-15-37-16-14-36/h6-12,17-19,36H,5,13-16H2,1-4H3,(H,31,32,33). The van der Waals surface area contributed by atoms with E-state index in [0.29, 0.717) is 48.7 Å². The lowest BCUT2D eigenvalue weighted by molar-refractivity contribution is 0.0875. The molecule has 0 saturated heterocycles. The van der Waals surface area contributed by atoms with Crippen LogP contribution in [0.15, 0.2) is 66.2 Å². The van der Waals surface area contributed by atoms with Crippen molar-refractivity contribution in [3.8, 4) is 11.5 Å². The van der Waals surface area contributed by atoms with Crippen molar-refractivity contribution in [1.29, 1.82) is 0 Å². The molecule has 2 N–H and O–H groups in total. The van der Waals surface area contributed by atoms with Crippen LogP contribution in [0.3, 0.4) is 0 Å². The third-order valence-corrected chi connectivity index (χ3v) is 6.08. The van der Waals surface area contributed by atoms with Gasteiger partial charge in [0.15, 0.2) is 5.82 Å². The fourth-order valence-electron chi connectivity index (χ4n) is 4.02. The van der Waals surface area contributed by atoms with Gasteiger partial charge in [-0.15, -0.1) is 0 Å². The largest absolute Gasteiger partial charge is 0.456 e. The van der Waals surface area contributed by atoms with Crippen LogP contribution in [-0.4, -0.2) is 51.8 Å². The molecule has 0 fully saturated rings. The van der Waals surface area contributed by atoms with Crippen LogP contribution < -0.4 is 10.1 Å². The van der Waals surface area contributed by atoms with Crippen molar-refractivity contribution >= 4 is 39.9 Å². The van der Waals surface area contributed by atoms with Crippen LogP contribution in [0.25, 0.3) is 11.0 Å². The van der Waals surface area contributed by atoms with Gasteiger partial charge in [-0.3, -0.25) is 0 Å². The van der Waals surface area contributed by atoms with Gasteiger partial charge in [-0.25, -0.2) is 9.97 Å². The molecule has 39 heavy (non-hydrogen) atoms. The van der Waals surface area contributed by atoms with Crippen LogP contribution >= 0.6 is 11.6 Å². The summed E-state index contributed by atoms with van der Waals surface area (Å²) in [5, 5.41) is 17.1. The Balaban J connectivity index is 1.52. The van der Waals surface area contributed by atoms with E-state index in [2.05, 4.69) is 41.2 Å². The molecule has 0 saturated carbocycles. The van der Waals surface area contributed by atoms with Gasteiger partial charge < -0.3 is 29.3 Å². The van der Waals surface area contributed by atoms with Gasteiger partial charge in [0, 0.05) is 29.4 Å². The number of halogens is 1. The number of nitrogens with one attached hydrogen (secondary N) is 1. The Morgan fingerprint density at radius 2 is 1.95 bits per heavy atom. The topological polar surface area (TPSA) is 103 Å². The Hall–Kier alpha value is -3.66. The Morgan fingerprint density at radius 1 is 1.10 bits per heavy atom. The van der Waals surface area contributed by atoms with Gasteiger partial charge in [-0.1, -0.05) is 49.7 Å². The SMILES string of the molecule is CCON=C(c1cccc(Oc2ccc(Nc3ncnc4ccn(CCOCCO)c34)cc2Cl)c1)C(C)(C)C. The van der Waals surface area contributed by atoms with Gasteiger partial charge >= 0.3 is 0 Å². The summed E-state index contributed by atoms with van der Waals surface area (Å²) in [4.78, 5) is 14.2. The number of aromatic nitrogens is 3. The average Bonchev–Trinajstić information content (AvgIpc) is 3.32. The van der Waals surface area contributed by atoms with Crippen molar-refractivity contribution in [3.05, 3.63) is 71.6 Å². The van der Waals surface area contributed by atoms with Gasteiger partial charge in [-0.2, -0.15) is 0 Å². The molecule has 10 heteroatoms. The Bertz CT molecular complexity index is 1430. The first-order chi connectivity index (χ1) is 18.8. The molecule has 0 unspecified atom stereocenters. The quantitative estimate of drug-likeness (QED) is 0.119. The van der Waals surface area contributed by atoms with E-state index in [1.54, 1.807) is 6.07 Å². The number of nitrogens with zero attached hydrogens (tertiary/aromatic N) is 4. The molecular weight excluding hydrogens is 518 g/mol. The number of rotatable bonds is 12. The summed E-state index contributed by atoms with van der Waals surface area (Å²) in [6.45, 7) is 10.0. The molecule has 0 atom stereocenters. The lowest BCUT2D eigenvalue weighted by Crippen LogP contribution is -2.22. The molecular formula is C29H34ClN5O4. The number of hydrogen-bond acceptors (Lipinski definition) is 8. The van der Waals surface area contributed by atoms with Crippen molar-refractivity contribution in [1.82, 2.24) is 14.5 Å². The second-order valence-corrected chi connectivity index (χ2v) is 10.2. The van der Waals surface area contributed by atoms with Gasteiger partial charge in [-0.05, 0) is 43.3 Å². The lowest BCUT2D eigenvalue weighted by Gasteiger charge is -2.21. The van der Waals surface area contributed by atoms with E-state index in [1.165, 1.54) is 6.33 Å². The number of anilines is 2. The van der Waals surface area contributed by atoms with Crippen molar-refractivity contribution in [2.75, 3.05) is 31.7 Å². The van der Waals surface area contributed by atoms with Crippen LogP contribution in [0.1, 0.15) is 33.3 Å². The molecule has 0 radical (unpaired) electrons. The molecule has 0 amide bonds. The summed E-state index contributed by atoms with van der Waals surface area (Å²) >= 11 is 6.63. The van der Waals surface area contributed by atoms with Crippen molar-refractivity contribution in [3.63, 3.8) is 0 Å². The zero-order chi connectivity index (χ0) is 27.8. The van der Waals surface area contributed by atoms with E-state index in [-0.39, 0.29) is 12.0 Å². The first kappa shape index (κ1) is 28.4. The van der Waals surface area contributed by atoms with E-state index in [0.717, 1.165) is 28.0 Å². The predicted molar refractivity (Wildman–Crippen MR) is 154 cm³/mol. The number of aliphatic hydroxyl groups excluding tert-OH is 1. The highest BCUT2D eigenvalue weighted by Gasteiger charge is 2.22. The molecule has 206 valence electrons. The number of benzene rings is 2. The zero-order valence-electron chi connectivity index (χ0n) is 22.6. The van der Waals surface area contributed by atoms with Crippen LogP contribution in [0, 0.1) is 5.41 Å². The maximum Gasteiger partial charge on any atom is 0.158 e. The Labute approximate surface area is 233 Å². The molecule has 4 aromatic rings. The van der Waals surface area contributed by atoms with E-state index >= 15 is 0 Å². The summed E-state index contributed by atoms with van der Waals surface area (Å²) in [6, 6.07) is 15.1. The first-order valence-corrected chi connectivity index (χ1v) is 13.2. The fraction of sp³-hybridized carbons (Fsp3) is 0.345. The second-order valence-electron chi connectivity index (χ2n) is 9.81. The molecule has 0 aliphatic heterocycles. The minimum Gasteiger partial charge on any atom is -0.456 e. The molecule has 2 aromatic heterocycles. The zero-order valence-corrected chi connectivity index (χ0v) is 23.4. The summed E-state index contributed by atoms with van der Waals surface area (Å²) in [5.41, 5.74) is 3.95. The monoisotopic (exact) mass is 551 g/mol. The second kappa shape index (κ2) is 12.9. The van der Waals surface area contributed by atoms with E-state index < -0.39 is 0 Å². The molecule has 0 spiro atoms. The highest BCUT2D eigenvalue weighted by atomic mass is 35.5. The van der Waals surface area contributed by atoms with Gasteiger partial charge in [0.1, 0.15) is 29.9 Å². The normalized spacial score (nSPS) is 12.1. The van der Waals surface area contributed by atoms with Crippen LogP contribution in [0.5, 0.6) is 11.5 Å². The summed E-state index contributed by atoms with van der Waals surface area (Å²) in [7, 11) is 0. The summed E-state index contributed by atoms with van der Waals surface area (Å²) < 4.78 is 13.6. The summed E-state index contributed by atoms with van der Waals surface area (Å²) in [6.07, 6.45) is 3.46. The number of fused-ring (bicyclic) bond motifs is 1. The van der Waals surface area contributed by atoms with Crippen molar-refractivity contribution in [2.24, 2.45) is 10.6 Å². The molecule has 2 heterocycles. The number of oxime groups is 1. The van der Waals surface area contributed by atoms with E-state index in [1.807, 2.05) is 60.2 Å². The number of aliphatic hydroxyl groups is 1. The number of hydrogen-bond donors (Lipinski definition) is 2. The molecule has 0 aliphatic rings. The molecule has 2 aromatic carbocycles. The van der Waals surface area contributed by atoms with Gasteiger partial charge in [0.05, 0.1) is 36.1 Å². The Morgan fingerprint density at radius 3 is 2.69 bits per heavy atom. The minimum absolute atomic E-state index is 0.00558. The van der Waals surface area contributed by atoms with Crippen LogP contribution in [0.4, 0.5) is 11.5 Å². The lowest BCUT2D eigenvalue weighted by atomic mass is 9.85. The van der Waals surface area contributed by atoms with Gasteiger partial charge in [0.25, 0.3) is 0 Å². The number of ether oxygens (including phenoxy) is 2. The first-order valence-electron chi connectivity index (χ1n) is 12.8. The third-order valence-electron chi connectivity index (χ3n) is 5.79. The van der Waals surface area contributed by atoms with Gasteiger partial charge in [0.2, 0.25) is 0 Å². The van der Waals surface area contributed by atoms with Crippen molar-refractivity contribution in [2.45, 2.75) is 34.2 Å². The maximum atomic E-state index is 8.93. The van der Waals surface area contributed by atoms with Crippen LogP contribution in [-0.2, 0) is 16.1 Å². The highest BCUT2D eigenvalue weighted by molar-refractivity contribution is 6.32.